The molecule has 100 valence electrons. The van der Waals surface area contributed by atoms with Crippen LogP contribution in [0.4, 0.5) is 0 Å². The number of hydrogen-bond acceptors (Lipinski definition) is 2. The highest BCUT2D eigenvalue weighted by atomic mass is 35.5. The minimum absolute atomic E-state index is 0.154. The van der Waals surface area contributed by atoms with E-state index < -0.39 is 5.60 Å². The number of aryl methyl sites for hydroxylation is 1. The first-order valence-corrected chi connectivity index (χ1v) is 6.66. The van der Waals surface area contributed by atoms with Gasteiger partial charge in [0.25, 0.3) is 0 Å². The Labute approximate surface area is 118 Å². The Morgan fingerprint density at radius 2 is 1.84 bits per heavy atom. The molecule has 2 aromatic carbocycles. The van der Waals surface area contributed by atoms with Crippen LogP contribution in [0.15, 0.2) is 48.5 Å². The highest BCUT2D eigenvalue weighted by Gasteiger charge is 2.28. The van der Waals surface area contributed by atoms with Crippen molar-refractivity contribution in [2.75, 3.05) is 6.54 Å². The van der Waals surface area contributed by atoms with Gasteiger partial charge in [-0.15, -0.1) is 0 Å². The van der Waals surface area contributed by atoms with Crippen molar-refractivity contribution in [3.05, 3.63) is 70.2 Å². The topological polar surface area (TPSA) is 46.2 Å². The molecule has 0 heterocycles. The first-order valence-electron chi connectivity index (χ1n) is 6.28. The molecule has 0 saturated carbocycles. The Morgan fingerprint density at radius 1 is 1.16 bits per heavy atom. The maximum atomic E-state index is 10.8. The Hall–Kier alpha value is -1.35. The number of benzene rings is 2. The summed E-state index contributed by atoms with van der Waals surface area (Å²) in [6, 6.07) is 15.3. The molecular formula is C16H18ClNO. The highest BCUT2D eigenvalue weighted by Crippen LogP contribution is 2.28. The fourth-order valence-electron chi connectivity index (χ4n) is 2.15. The van der Waals surface area contributed by atoms with Gasteiger partial charge in [0.2, 0.25) is 0 Å². The van der Waals surface area contributed by atoms with Gasteiger partial charge in [-0.3, -0.25) is 0 Å². The van der Waals surface area contributed by atoms with Crippen LogP contribution in [0.25, 0.3) is 0 Å². The highest BCUT2D eigenvalue weighted by molar-refractivity contribution is 6.31. The van der Waals surface area contributed by atoms with Gasteiger partial charge in [-0.05, 0) is 29.7 Å². The normalized spacial score (nSPS) is 14.1. The summed E-state index contributed by atoms with van der Waals surface area (Å²) in [6.07, 6.45) is 0.409. The van der Waals surface area contributed by atoms with Crippen LogP contribution in [0.1, 0.15) is 16.7 Å². The molecule has 19 heavy (non-hydrogen) atoms. The number of hydrogen-bond donors (Lipinski definition) is 2. The summed E-state index contributed by atoms with van der Waals surface area (Å²) in [5, 5.41) is 11.4. The van der Waals surface area contributed by atoms with E-state index in [0.717, 1.165) is 16.7 Å². The molecule has 0 fully saturated rings. The standard InChI is InChI=1S/C16H18ClNO/c1-12-7-8-13(15(17)9-12)10-16(19,11-18)14-5-3-2-4-6-14/h2-9,19H,10-11,18H2,1H3. The van der Waals surface area contributed by atoms with Gasteiger partial charge < -0.3 is 10.8 Å². The van der Waals surface area contributed by atoms with Crippen LogP contribution in [0.5, 0.6) is 0 Å². The molecule has 0 amide bonds. The van der Waals surface area contributed by atoms with E-state index in [1.165, 1.54) is 0 Å². The van der Waals surface area contributed by atoms with E-state index in [1.54, 1.807) is 0 Å². The monoisotopic (exact) mass is 275 g/mol. The minimum Gasteiger partial charge on any atom is -0.383 e. The van der Waals surface area contributed by atoms with Crippen LogP contribution >= 0.6 is 11.6 Å². The predicted octanol–water partition coefficient (Wildman–Crippen LogP) is 3.04. The number of aliphatic hydroxyl groups is 1. The van der Waals surface area contributed by atoms with Crippen molar-refractivity contribution in [3.8, 4) is 0 Å². The molecule has 2 nitrogen and oxygen atoms in total. The molecule has 2 aromatic rings. The van der Waals surface area contributed by atoms with E-state index in [1.807, 2.05) is 55.5 Å². The molecule has 3 heteroatoms. The lowest BCUT2D eigenvalue weighted by molar-refractivity contribution is 0.0463. The summed E-state index contributed by atoms with van der Waals surface area (Å²) in [4.78, 5) is 0. The lowest BCUT2D eigenvalue weighted by Gasteiger charge is -2.27. The quantitative estimate of drug-likeness (QED) is 0.901. The smallest absolute Gasteiger partial charge is 0.106 e. The number of rotatable bonds is 4. The van der Waals surface area contributed by atoms with Crippen molar-refractivity contribution < 1.29 is 5.11 Å². The Morgan fingerprint density at radius 3 is 2.42 bits per heavy atom. The van der Waals surface area contributed by atoms with E-state index in [0.29, 0.717) is 11.4 Å². The molecule has 1 atom stereocenters. The summed E-state index contributed by atoms with van der Waals surface area (Å²) >= 11 is 6.23. The second-order valence-electron chi connectivity index (χ2n) is 4.87. The predicted molar refractivity (Wildman–Crippen MR) is 79.3 cm³/mol. The number of nitrogens with two attached hydrogens (primary N) is 1. The van der Waals surface area contributed by atoms with Gasteiger partial charge in [0, 0.05) is 18.0 Å². The van der Waals surface area contributed by atoms with Crippen LogP contribution in [0, 0.1) is 6.92 Å². The van der Waals surface area contributed by atoms with Gasteiger partial charge in [0.15, 0.2) is 0 Å². The van der Waals surface area contributed by atoms with Gasteiger partial charge in [-0.2, -0.15) is 0 Å². The zero-order valence-electron chi connectivity index (χ0n) is 10.9. The van der Waals surface area contributed by atoms with Crippen molar-refractivity contribution in [2.45, 2.75) is 18.9 Å². The van der Waals surface area contributed by atoms with Crippen molar-refractivity contribution in [2.24, 2.45) is 5.73 Å². The molecule has 0 spiro atoms. The van der Waals surface area contributed by atoms with E-state index in [9.17, 15) is 5.11 Å². The lowest BCUT2D eigenvalue weighted by atomic mass is 9.87. The average Bonchev–Trinajstić information content (AvgIpc) is 2.43. The Balaban J connectivity index is 2.33. The Kier molecular flexibility index (Phi) is 4.25. The fraction of sp³-hybridized carbons (Fsp3) is 0.250. The first kappa shape index (κ1) is 14.1. The van der Waals surface area contributed by atoms with Gasteiger partial charge >= 0.3 is 0 Å². The summed E-state index contributed by atoms with van der Waals surface area (Å²) < 4.78 is 0. The van der Waals surface area contributed by atoms with Gasteiger partial charge in [-0.25, -0.2) is 0 Å². The summed E-state index contributed by atoms with van der Waals surface area (Å²) in [5.41, 5.74) is 7.51. The largest absolute Gasteiger partial charge is 0.383 e. The van der Waals surface area contributed by atoms with E-state index >= 15 is 0 Å². The molecule has 0 aliphatic carbocycles. The maximum Gasteiger partial charge on any atom is 0.106 e. The van der Waals surface area contributed by atoms with E-state index in [4.69, 9.17) is 17.3 Å². The van der Waals surface area contributed by atoms with Gasteiger partial charge in [-0.1, -0.05) is 54.1 Å². The van der Waals surface area contributed by atoms with Crippen molar-refractivity contribution in [1.82, 2.24) is 0 Å². The fourth-order valence-corrected chi connectivity index (χ4v) is 2.45. The average molecular weight is 276 g/mol. The second-order valence-corrected chi connectivity index (χ2v) is 5.28. The molecular weight excluding hydrogens is 258 g/mol. The summed E-state index contributed by atoms with van der Waals surface area (Å²) in [5.74, 6) is 0. The third-order valence-corrected chi connectivity index (χ3v) is 3.69. The van der Waals surface area contributed by atoms with E-state index in [-0.39, 0.29) is 6.54 Å². The van der Waals surface area contributed by atoms with E-state index in [2.05, 4.69) is 0 Å². The number of halogens is 1. The molecule has 3 N–H and O–H groups in total. The summed E-state index contributed by atoms with van der Waals surface area (Å²) in [7, 11) is 0. The van der Waals surface area contributed by atoms with Crippen molar-refractivity contribution in [3.63, 3.8) is 0 Å². The van der Waals surface area contributed by atoms with Crippen LogP contribution in [-0.2, 0) is 12.0 Å². The summed E-state index contributed by atoms with van der Waals surface area (Å²) in [6.45, 7) is 2.14. The van der Waals surface area contributed by atoms with Gasteiger partial charge in [0.1, 0.15) is 5.60 Å². The molecule has 0 aliphatic heterocycles. The third-order valence-electron chi connectivity index (χ3n) is 3.34. The van der Waals surface area contributed by atoms with Crippen LogP contribution in [0.2, 0.25) is 5.02 Å². The molecule has 0 saturated heterocycles. The molecule has 1 unspecified atom stereocenters. The van der Waals surface area contributed by atoms with Crippen LogP contribution < -0.4 is 5.73 Å². The maximum absolute atomic E-state index is 10.8. The molecule has 0 bridgehead atoms. The lowest BCUT2D eigenvalue weighted by Crippen LogP contribution is -2.37. The van der Waals surface area contributed by atoms with Crippen LogP contribution in [-0.4, -0.2) is 11.7 Å². The molecule has 2 rings (SSSR count). The van der Waals surface area contributed by atoms with Gasteiger partial charge in [0.05, 0.1) is 0 Å². The second kappa shape index (κ2) is 5.74. The third kappa shape index (κ3) is 3.16. The zero-order valence-corrected chi connectivity index (χ0v) is 11.7. The SMILES string of the molecule is Cc1ccc(CC(O)(CN)c2ccccc2)c(Cl)c1. The van der Waals surface area contributed by atoms with Crippen LogP contribution in [0.3, 0.4) is 0 Å². The Bertz CT molecular complexity index is 556. The molecule has 0 aromatic heterocycles. The minimum atomic E-state index is -1.08. The van der Waals surface area contributed by atoms with Crippen molar-refractivity contribution >= 4 is 11.6 Å². The molecule has 0 radical (unpaired) electrons. The first-order chi connectivity index (χ1) is 9.05. The van der Waals surface area contributed by atoms with Crippen molar-refractivity contribution in [1.29, 1.82) is 0 Å². The zero-order chi connectivity index (χ0) is 13.9. The molecule has 0 aliphatic rings.